The fraction of sp³-hybridized carbons (Fsp3) is 0.258. The summed E-state index contributed by atoms with van der Waals surface area (Å²) in [6, 6.07) is 16.1. The molecule has 3 aromatic carbocycles. The highest BCUT2D eigenvalue weighted by Gasteiger charge is 2.32. The number of nitrogens with one attached hydrogen (secondary N) is 2. The molecule has 248 valence electrons. The number of carbonyl (C=O) groups excluding carboxylic acids is 1. The fourth-order valence-electron chi connectivity index (χ4n) is 4.78. The third kappa shape index (κ3) is 10.4. The van der Waals surface area contributed by atoms with Gasteiger partial charge >= 0.3 is 24.2 Å². The molecule has 0 spiro atoms. The van der Waals surface area contributed by atoms with Gasteiger partial charge in [-0.3, -0.25) is 16.4 Å². The summed E-state index contributed by atoms with van der Waals surface area (Å²) in [6.45, 7) is -1.68. The van der Waals surface area contributed by atoms with Gasteiger partial charge in [0.2, 0.25) is 5.96 Å². The summed E-state index contributed by atoms with van der Waals surface area (Å²) in [5.74, 6) is 3.62. The van der Waals surface area contributed by atoms with Crippen molar-refractivity contribution in [1.82, 2.24) is 0 Å². The smallest absolute Gasteiger partial charge is 0.326 e. The Balaban J connectivity index is 1.76. The van der Waals surface area contributed by atoms with Gasteiger partial charge in [0.1, 0.15) is 6.54 Å². The summed E-state index contributed by atoms with van der Waals surface area (Å²) < 4.78 is 81.2. The van der Waals surface area contributed by atoms with Crippen molar-refractivity contribution in [2.45, 2.75) is 44.6 Å². The zero-order valence-electron chi connectivity index (χ0n) is 24.7. The van der Waals surface area contributed by atoms with Gasteiger partial charge in [-0.05, 0) is 84.8 Å². The highest BCUT2D eigenvalue weighted by molar-refractivity contribution is 9.10. The van der Waals surface area contributed by atoms with Crippen LogP contribution < -0.4 is 26.8 Å². The van der Waals surface area contributed by atoms with Crippen molar-refractivity contribution >= 4 is 50.7 Å². The number of guanidine groups is 2. The summed E-state index contributed by atoms with van der Waals surface area (Å²) >= 11 is 3.05. The second kappa shape index (κ2) is 15.2. The molecule has 0 aromatic heterocycles. The Morgan fingerprint density at radius 1 is 0.979 bits per heavy atom. The molecule has 3 aromatic rings. The van der Waals surface area contributed by atoms with Crippen LogP contribution in [0.4, 0.5) is 37.7 Å². The molecule has 47 heavy (non-hydrogen) atoms. The number of alkyl halides is 6. The topological polar surface area (TPSA) is 135 Å². The lowest BCUT2D eigenvalue weighted by atomic mass is 9.93. The molecular weight excluding hydrogens is 694 g/mol. The van der Waals surface area contributed by atoms with E-state index >= 15 is 0 Å². The molecular formula is C31H30BrF6N8O+. The largest absolute Gasteiger partial charge is 0.416 e. The molecule has 16 heteroatoms. The predicted molar refractivity (Wildman–Crippen MR) is 170 cm³/mol. The monoisotopic (exact) mass is 723 g/mol. The maximum atomic E-state index is 13.6. The third-order valence-electron chi connectivity index (χ3n) is 6.95. The normalized spacial score (nSPS) is 14.7. The SMILES string of the molecule is N/N=N\C(N)=[NH+]C(=O)c1ccc(CN(C(=NCC(F)(F)F)Nc2cc(Br)cc(C(F)(F)F)c2)c2ccc(C3=CCCCC3)cc2)cc1. The van der Waals surface area contributed by atoms with Gasteiger partial charge in [0, 0.05) is 21.1 Å². The zero-order chi connectivity index (χ0) is 34.2. The first kappa shape index (κ1) is 35.1. The Bertz CT molecular complexity index is 1680. The van der Waals surface area contributed by atoms with Crippen molar-refractivity contribution in [3.63, 3.8) is 0 Å². The highest BCUT2D eigenvalue weighted by Crippen LogP contribution is 2.34. The molecule has 0 heterocycles. The first-order chi connectivity index (χ1) is 22.2. The number of aliphatic imine (C=N–C) groups is 1. The maximum Gasteiger partial charge on any atom is 0.416 e. The molecule has 1 amide bonds. The van der Waals surface area contributed by atoms with Gasteiger partial charge in [0.15, 0.2) is 0 Å². The van der Waals surface area contributed by atoms with Gasteiger partial charge in [0.05, 0.1) is 22.8 Å². The maximum absolute atomic E-state index is 13.6. The van der Waals surface area contributed by atoms with Crippen LogP contribution in [0, 0.1) is 0 Å². The molecule has 0 atom stereocenters. The number of allylic oxidation sites excluding steroid dienone is 2. The molecule has 6 N–H and O–H groups in total. The number of hydrogen-bond donors (Lipinski definition) is 4. The minimum atomic E-state index is -4.71. The standard InChI is InChI=1S/C31H29BrF6N8O/c32-24-14-23(31(36,37)38)15-25(16-24)42-29(41-18-30(33,34)35)46(26-12-10-21(11-13-26)20-4-2-1-3-5-20)17-19-6-8-22(9-7-19)27(47)43-28(39)44-45-40/h4,6-16H,1-3,5,17-18H2,(H,41,42)(H4,39,40,43,44,47)/p+1. The van der Waals surface area contributed by atoms with Gasteiger partial charge in [-0.1, -0.05) is 46.3 Å². The summed E-state index contributed by atoms with van der Waals surface area (Å²) in [4.78, 5) is 20.0. The first-order valence-corrected chi connectivity index (χ1v) is 15.0. The lowest BCUT2D eigenvalue weighted by Crippen LogP contribution is -2.79. The van der Waals surface area contributed by atoms with Crippen LogP contribution >= 0.6 is 15.9 Å². The Labute approximate surface area is 274 Å². The molecule has 0 fully saturated rings. The number of nitrogens with two attached hydrogens (primary N) is 2. The quantitative estimate of drug-likeness (QED) is 0.0565. The van der Waals surface area contributed by atoms with Crippen molar-refractivity contribution in [1.29, 1.82) is 0 Å². The van der Waals surface area contributed by atoms with E-state index in [2.05, 4.69) is 47.6 Å². The fourth-order valence-corrected chi connectivity index (χ4v) is 5.27. The molecule has 0 aliphatic heterocycles. The van der Waals surface area contributed by atoms with Crippen LogP contribution in [0.1, 0.15) is 52.7 Å². The summed E-state index contributed by atoms with van der Waals surface area (Å²) in [6.07, 6.45) is -3.29. The zero-order valence-corrected chi connectivity index (χ0v) is 26.3. The van der Waals surface area contributed by atoms with Crippen molar-refractivity contribution in [3.05, 3.63) is 99.5 Å². The Morgan fingerprint density at radius 3 is 2.28 bits per heavy atom. The third-order valence-corrected chi connectivity index (χ3v) is 7.41. The van der Waals surface area contributed by atoms with Crippen LogP contribution in [0.15, 0.2) is 92.6 Å². The highest BCUT2D eigenvalue weighted by atomic mass is 79.9. The van der Waals surface area contributed by atoms with E-state index in [4.69, 9.17) is 11.6 Å². The van der Waals surface area contributed by atoms with Crippen LogP contribution in [0.3, 0.4) is 0 Å². The lowest BCUT2D eigenvalue weighted by molar-refractivity contribution is -0.347. The summed E-state index contributed by atoms with van der Waals surface area (Å²) in [5.41, 5.74) is 7.60. The molecule has 0 bridgehead atoms. The lowest BCUT2D eigenvalue weighted by Gasteiger charge is -2.28. The molecule has 1 aliphatic rings. The number of carbonyl (C=O) groups is 1. The molecule has 0 saturated heterocycles. The van der Waals surface area contributed by atoms with E-state index in [1.165, 1.54) is 23.1 Å². The van der Waals surface area contributed by atoms with Crippen LogP contribution in [0.25, 0.3) is 5.57 Å². The number of halogens is 7. The van der Waals surface area contributed by atoms with Crippen molar-refractivity contribution < 1.29 is 36.1 Å². The van der Waals surface area contributed by atoms with Crippen LogP contribution in [0.2, 0.25) is 0 Å². The minimum absolute atomic E-state index is 0.0568. The van der Waals surface area contributed by atoms with Crippen LogP contribution in [-0.2, 0) is 12.7 Å². The second-order valence-electron chi connectivity index (χ2n) is 10.5. The summed E-state index contributed by atoms with van der Waals surface area (Å²) in [7, 11) is 0. The number of hydrogen-bond acceptors (Lipinski definition) is 3. The number of nitrogens with zero attached hydrogens (tertiary/aromatic N) is 4. The molecule has 1 aliphatic carbocycles. The van der Waals surface area contributed by atoms with Gasteiger partial charge in [-0.2, -0.15) is 26.3 Å². The van der Waals surface area contributed by atoms with E-state index < -0.39 is 30.4 Å². The predicted octanol–water partition coefficient (Wildman–Crippen LogP) is 6.32. The van der Waals surface area contributed by atoms with E-state index in [1.807, 2.05) is 12.1 Å². The number of benzene rings is 3. The molecule has 9 nitrogen and oxygen atoms in total. The average molecular weight is 725 g/mol. The van der Waals surface area contributed by atoms with Crippen molar-refractivity contribution in [3.8, 4) is 0 Å². The van der Waals surface area contributed by atoms with Crippen LogP contribution in [0.5, 0.6) is 0 Å². The van der Waals surface area contributed by atoms with Gasteiger partial charge in [0.25, 0.3) is 0 Å². The van der Waals surface area contributed by atoms with Crippen LogP contribution in [-0.4, -0.2) is 30.5 Å². The van der Waals surface area contributed by atoms with E-state index in [-0.39, 0.29) is 34.2 Å². The first-order valence-electron chi connectivity index (χ1n) is 14.2. The van der Waals surface area contributed by atoms with E-state index in [0.717, 1.165) is 49.0 Å². The van der Waals surface area contributed by atoms with E-state index in [0.29, 0.717) is 11.3 Å². The van der Waals surface area contributed by atoms with Crippen molar-refractivity contribution in [2.24, 2.45) is 26.9 Å². The number of anilines is 2. The average Bonchev–Trinajstić information content (AvgIpc) is 3.02. The Morgan fingerprint density at radius 2 is 1.68 bits per heavy atom. The van der Waals surface area contributed by atoms with Gasteiger partial charge in [-0.15, -0.1) is 0 Å². The number of amides is 1. The summed E-state index contributed by atoms with van der Waals surface area (Å²) in [5, 5.41) is 8.99. The number of rotatable bonds is 7. The van der Waals surface area contributed by atoms with Gasteiger partial charge in [-0.25, -0.2) is 9.98 Å². The molecule has 0 unspecified atom stereocenters. The molecule has 0 saturated carbocycles. The van der Waals surface area contributed by atoms with E-state index in [1.54, 1.807) is 24.3 Å². The molecule has 4 rings (SSSR count). The van der Waals surface area contributed by atoms with E-state index in [9.17, 15) is 31.1 Å². The van der Waals surface area contributed by atoms with Gasteiger partial charge < -0.3 is 10.2 Å². The van der Waals surface area contributed by atoms with Crippen molar-refractivity contribution in [2.75, 3.05) is 16.8 Å². The minimum Gasteiger partial charge on any atom is -0.326 e. The Kier molecular flexibility index (Phi) is 11.4. The molecule has 0 radical (unpaired) electrons. The Hall–Kier alpha value is -4.73. The second-order valence-corrected chi connectivity index (χ2v) is 11.4.